The summed E-state index contributed by atoms with van der Waals surface area (Å²) in [4.78, 5) is 15.0. The number of aryl methyl sites for hydroxylation is 1. The van der Waals surface area contributed by atoms with Crippen molar-refractivity contribution in [2.75, 3.05) is 13.3 Å². The van der Waals surface area contributed by atoms with E-state index in [0.29, 0.717) is 21.5 Å². The summed E-state index contributed by atoms with van der Waals surface area (Å²) in [6, 6.07) is 15.9. The number of carbonyl (C=O) groups excluding carboxylic acids is 1. The highest BCUT2D eigenvalue weighted by Crippen LogP contribution is 2.36. The van der Waals surface area contributed by atoms with Crippen LogP contribution in [0.3, 0.4) is 0 Å². The minimum absolute atomic E-state index is 0.0225. The SMILES string of the molecule is O=C1C(=Cc2ccc3c(c2)OCO3)SC(=S)N1CCCc1ccccc1. The summed E-state index contributed by atoms with van der Waals surface area (Å²) >= 11 is 6.76. The van der Waals surface area contributed by atoms with Gasteiger partial charge in [0.05, 0.1) is 4.91 Å². The molecule has 1 amide bonds. The first-order chi connectivity index (χ1) is 12.7. The first-order valence-corrected chi connectivity index (χ1v) is 9.62. The minimum Gasteiger partial charge on any atom is -0.454 e. The van der Waals surface area contributed by atoms with Gasteiger partial charge in [-0.2, -0.15) is 0 Å². The summed E-state index contributed by atoms with van der Waals surface area (Å²) in [7, 11) is 0. The average Bonchev–Trinajstić information content (AvgIpc) is 3.22. The van der Waals surface area contributed by atoms with Gasteiger partial charge in [-0.3, -0.25) is 9.69 Å². The van der Waals surface area contributed by atoms with Gasteiger partial charge in [0.25, 0.3) is 5.91 Å². The molecule has 2 heterocycles. The Balaban J connectivity index is 1.41. The van der Waals surface area contributed by atoms with Gasteiger partial charge >= 0.3 is 0 Å². The predicted molar refractivity (Wildman–Crippen MR) is 107 cm³/mol. The number of carbonyl (C=O) groups is 1. The number of amides is 1. The van der Waals surface area contributed by atoms with Gasteiger partial charge in [0.1, 0.15) is 4.32 Å². The number of fused-ring (bicyclic) bond motifs is 1. The molecule has 0 atom stereocenters. The van der Waals surface area contributed by atoms with Crippen LogP contribution in [0.1, 0.15) is 17.5 Å². The molecule has 0 aliphatic carbocycles. The Morgan fingerprint density at radius 2 is 1.92 bits per heavy atom. The molecular formula is C20H17NO3S2. The fourth-order valence-electron chi connectivity index (χ4n) is 2.93. The summed E-state index contributed by atoms with van der Waals surface area (Å²) in [6.07, 6.45) is 3.67. The molecule has 6 heteroatoms. The normalized spacial score (nSPS) is 17.4. The predicted octanol–water partition coefficient (Wildman–Crippen LogP) is 4.25. The second-order valence-electron chi connectivity index (χ2n) is 6.04. The number of hydrogen-bond donors (Lipinski definition) is 0. The van der Waals surface area contributed by atoms with Crippen LogP contribution in [-0.4, -0.2) is 28.5 Å². The Morgan fingerprint density at radius 3 is 2.77 bits per heavy atom. The van der Waals surface area contributed by atoms with Crippen molar-refractivity contribution in [3.63, 3.8) is 0 Å². The number of hydrogen-bond acceptors (Lipinski definition) is 5. The molecule has 132 valence electrons. The van der Waals surface area contributed by atoms with Crippen LogP contribution >= 0.6 is 24.0 Å². The standard InChI is InChI=1S/C20H17NO3S2/c22-19-18(12-15-8-9-16-17(11-15)24-13-23-16)26-20(25)21(19)10-4-7-14-5-2-1-3-6-14/h1-3,5-6,8-9,11-12H,4,7,10,13H2. The lowest BCUT2D eigenvalue weighted by atomic mass is 10.1. The fourth-order valence-corrected chi connectivity index (χ4v) is 4.24. The summed E-state index contributed by atoms with van der Waals surface area (Å²) in [6.45, 7) is 0.875. The highest BCUT2D eigenvalue weighted by molar-refractivity contribution is 8.26. The molecule has 0 saturated carbocycles. The largest absolute Gasteiger partial charge is 0.454 e. The van der Waals surface area contributed by atoms with Crippen LogP contribution in [0.4, 0.5) is 0 Å². The first kappa shape index (κ1) is 17.1. The molecule has 1 fully saturated rings. The number of thioether (sulfide) groups is 1. The highest BCUT2D eigenvalue weighted by Gasteiger charge is 2.31. The summed E-state index contributed by atoms with van der Waals surface area (Å²) in [5, 5.41) is 0. The van der Waals surface area contributed by atoms with Crippen LogP contribution < -0.4 is 9.47 Å². The number of nitrogens with zero attached hydrogens (tertiary/aromatic N) is 1. The molecule has 2 aromatic carbocycles. The third-order valence-corrected chi connectivity index (χ3v) is 5.64. The summed E-state index contributed by atoms with van der Waals surface area (Å²) in [5.41, 5.74) is 2.17. The van der Waals surface area contributed by atoms with Crippen molar-refractivity contribution in [3.8, 4) is 11.5 Å². The molecule has 0 spiro atoms. The van der Waals surface area contributed by atoms with Crippen LogP contribution in [0.2, 0.25) is 0 Å². The molecule has 2 aliphatic heterocycles. The number of rotatable bonds is 5. The van der Waals surface area contributed by atoms with Crippen molar-refractivity contribution in [2.45, 2.75) is 12.8 Å². The number of ether oxygens (including phenoxy) is 2. The number of thiocarbonyl (C=S) groups is 1. The molecule has 0 unspecified atom stereocenters. The van der Waals surface area contributed by atoms with Crippen molar-refractivity contribution in [3.05, 3.63) is 64.6 Å². The van der Waals surface area contributed by atoms with E-state index >= 15 is 0 Å². The molecule has 2 aliphatic rings. The lowest BCUT2D eigenvalue weighted by Gasteiger charge is -2.14. The van der Waals surface area contributed by atoms with E-state index in [1.54, 1.807) is 4.90 Å². The van der Waals surface area contributed by atoms with Crippen molar-refractivity contribution >= 4 is 40.3 Å². The van der Waals surface area contributed by atoms with Gasteiger partial charge in [0.15, 0.2) is 11.5 Å². The highest BCUT2D eigenvalue weighted by atomic mass is 32.2. The van der Waals surface area contributed by atoms with E-state index in [9.17, 15) is 4.79 Å². The maximum absolute atomic E-state index is 12.7. The minimum atomic E-state index is -0.0225. The molecule has 0 radical (unpaired) electrons. The molecule has 2 aromatic rings. The Morgan fingerprint density at radius 1 is 1.12 bits per heavy atom. The van der Waals surface area contributed by atoms with E-state index < -0.39 is 0 Å². The average molecular weight is 383 g/mol. The first-order valence-electron chi connectivity index (χ1n) is 8.40. The Kier molecular flexibility index (Phi) is 4.95. The Bertz CT molecular complexity index is 880. The molecule has 0 N–H and O–H groups in total. The van der Waals surface area contributed by atoms with E-state index in [2.05, 4.69) is 12.1 Å². The summed E-state index contributed by atoms with van der Waals surface area (Å²) in [5.74, 6) is 1.42. The molecule has 26 heavy (non-hydrogen) atoms. The second kappa shape index (κ2) is 7.51. The van der Waals surface area contributed by atoms with Crippen molar-refractivity contribution in [1.29, 1.82) is 0 Å². The topological polar surface area (TPSA) is 38.8 Å². The fraction of sp³-hybridized carbons (Fsp3) is 0.200. The monoisotopic (exact) mass is 383 g/mol. The van der Waals surface area contributed by atoms with E-state index in [1.165, 1.54) is 17.3 Å². The van der Waals surface area contributed by atoms with E-state index in [0.717, 1.165) is 24.2 Å². The van der Waals surface area contributed by atoms with Gasteiger partial charge in [0, 0.05) is 6.54 Å². The third-order valence-electron chi connectivity index (χ3n) is 4.26. The van der Waals surface area contributed by atoms with Crippen molar-refractivity contribution < 1.29 is 14.3 Å². The Hall–Kier alpha value is -2.31. The zero-order chi connectivity index (χ0) is 17.9. The zero-order valence-corrected chi connectivity index (χ0v) is 15.6. The van der Waals surface area contributed by atoms with Gasteiger partial charge in [-0.05, 0) is 42.2 Å². The van der Waals surface area contributed by atoms with Crippen LogP contribution in [0.5, 0.6) is 11.5 Å². The molecule has 1 saturated heterocycles. The molecule has 4 nitrogen and oxygen atoms in total. The van der Waals surface area contributed by atoms with Gasteiger partial charge in [-0.15, -0.1) is 0 Å². The van der Waals surface area contributed by atoms with Crippen LogP contribution in [0.15, 0.2) is 53.4 Å². The lowest BCUT2D eigenvalue weighted by Crippen LogP contribution is -2.29. The van der Waals surface area contributed by atoms with Gasteiger partial charge < -0.3 is 9.47 Å². The molecule has 0 bridgehead atoms. The second-order valence-corrected chi connectivity index (χ2v) is 7.71. The van der Waals surface area contributed by atoms with Gasteiger partial charge in [-0.1, -0.05) is 60.4 Å². The maximum Gasteiger partial charge on any atom is 0.266 e. The van der Waals surface area contributed by atoms with E-state index in [4.69, 9.17) is 21.7 Å². The van der Waals surface area contributed by atoms with Crippen LogP contribution in [0.25, 0.3) is 6.08 Å². The smallest absolute Gasteiger partial charge is 0.266 e. The van der Waals surface area contributed by atoms with E-state index in [1.807, 2.05) is 42.5 Å². The van der Waals surface area contributed by atoms with Gasteiger partial charge in [0.2, 0.25) is 6.79 Å². The maximum atomic E-state index is 12.7. The zero-order valence-electron chi connectivity index (χ0n) is 14.0. The third kappa shape index (κ3) is 3.61. The number of benzene rings is 2. The quantitative estimate of drug-likeness (QED) is 0.570. The van der Waals surface area contributed by atoms with Crippen LogP contribution in [-0.2, 0) is 11.2 Å². The van der Waals surface area contributed by atoms with Gasteiger partial charge in [-0.25, -0.2) is 0 Å². The van der Waals surface area contributed by atoms with Crippen molar-refractivity contribution in [2.24, 2.45) is 0 Å². The Labute approximate surface area is 161 Å². The molecule has 4 rings (SSSR count). The van der Waals surface area contributed by atoms with Crippen LogP contribution in [0, 0.1) is 0 Å². The molecule has 0 aromatic heterocycles. The summed E-state index contributed by atoms with van der Waals surface area (Å²) < 4.78 is 11.3. The van der Waals surface area contributed by atoms with Crippen molar-refractivity contribution in [1.82, 2.24) is 4.90 Å². The molecular weight excluding hydrogens is 366 g/mol. The van der Waals surface area contributed by atoms with E-state index in [-0.39, 0.29) is 12.7 Å². The lowest BCUT2D eigenvalue weighted by molar-refractivity contribution is -0.122.